The van der Waals surface area contributed by atoms with Gasteiger partial charge in [-0.3, -0.25) is 0 Å². The second kappa shape index (κ2) is 6.42. The summed E-state index contributed by atoms with van der Waals surface area (Å²) < 4.78 is 0. The molecule has 0 fully saturated rings. The maximum absolute atomic E-state index is 6.47. The fourth-order valence-electron chi connectivity index (χ4n) is 2.42. The first-order chi connectivity index (χ1) is 9.77. The average Bonchev–Trinajstić information content (AvgIpc) is 2.40. The summed E-state index contributed by atoms with van der Waals surface area (Å²) in [5.74, 6) is 0.417. The maximum atomic E-state index is 6.47. The quantitative estimate of drug-likeness (QED) is 0.594. The van der Waals surface area contributed by atoms with Crippen LogP contribution in [0.4, 0.5) is 0 Å². The van der Waals surface area contributed by atoms with Crippen LogP contribution >= 0.6 is 23.2 Å². The predicted molar refractivity (Wildman–Crippen MR) is 93.7 cm³/mol. The van der Waals surface area contributed by atoms with Gasteiger partial charge in [0.15, 0.2) is 0 Å². The van der Waals surface area contributed by atoms with Gasteiger partial charge in [0, 0.05) is 10.0 Å². The van der Waals surface area contributed by atoms with E-state index in [-0.39, 0.29) is 5.41 Å². The van der Waals surface area contributed by atoms with E-state index in [1.54, 1.807) is 0 Å². The third kappa shape index (κ3) is 4.25. The summed E-state index contributed by atoms with van der Waals surface area (Å²) in [6.07, 6.45) is 0.935. The molecule has 21 heavy (non-hydrogen) atoms. The van der Waals surface area contributed by atoms with Gasteiger partial charge in [-0.1, -0.05) is 75.2 Å². The molecule has 0 aliphatic heterocycles. The number of hydrogen-bond acceptors (Lipinski definition) is 0. The normalized spacial score (nSPS) is 13.2. The van der Waals surface area contributed by atoms with Crippen molar-refractivity contribution in [2.75, 3.05) is 0 Å². The summed E-state index contributed by atoms with van der Waals surface area (Å²) >= 11 is 12.4. The molecule has 2 heteroatoms. The molecule has 0 saturated heterocycles. The molecule has 0 spiro atoms. The van der Waals surface area contributed by atoms with E-state index in [0.717, 1.165) is 16.5 Å². The van der Waals surface area contributed by atoms with Gasteiger partial charge in [-0.15, -0.1) is 0 Å². The molecule has 2 rings (SSSR count). The zero-order valence-corrected chi connectivity index (χ0v) is 14.6. The van der Waals surface area contributed by atoms with Gasteiger partial charge in [0.1, 0.15) is 0 Å². The van der Waals surface area contributed by atoms with Gasteiger partial charge in [0.25, 0.3) is 0 Å². The molecule has 0 aromatic heterocycles. The van der Waals surface area contributed by atoms with E-state index in [1.165, 1.54) is 16.7 Å². The van der Waals surface area contributed by atoms with Crippen molar-refractivity contribution in [3.8, 4) is 0 Å². The Bertz CT molecular complexity index is 606. The zero-order valence-electron chi connectivity index (χ0n) is 13.1. The van der Waals surface area contributed by atoms with Crippen LogP contribution < -0.4 is 0 Å². The van der Waals surface area contributed by atoms with Crippen LogP contribution in [-0.4, -0.2) is 0 Å². The Balaban J connectivity index is 2.18. The minimum Gasteiger partial charge on any atom is -0.0843 e. The van der Waals surface area contributed by atoms with Gasteiger partial charge in [0.2, 0.25) is 0 Å². The van der Waals surface area contributed by atoms with Gasteiger partial charge in [0.05, 0.1) is 0 Å². The van der Waals surface area contributed by atoms with Crippen molar-refractivity contribution >= 4 is 23.2 Å². The molecular formula is C19H22Cl2. The molecule has 112 valence electrons. The largest absolute Gasteiger partial charge is 0.0843 e. The Labute approximate surface area is 138 Å². The lowest BCUT2D eigenvalue weighted by Crippen LogP contribution is -2.11. The van der Waals surface area contributed by atoms with Gasteiger partial charge >= 0.3 is 0 Å². The first kappa shape index (κ1) is 16.4. The Morgan fingerprint density at radius 3 is 2.10 bits per heavy atom. The molecule has 0 amide bonds. The highest BCUT2D eigenvalue weighted by atomic mass is 35.5. The van der Waals surface area contributed by atoms with Crippen molar-refractivity contribution in [1.29, 1.82) is 0 Å². The van der Waals surface area contributed by atoms with Crippen molar-refractivity contribution in [2.45, 2.75) is 45.4 Å². The zero-order chi connectivity index (χ0) is 15.6. The number of benzene rings is 2. The van der Waals surface area contributed by atoms with Crippen molar-refractivity contribution < 1.29 is 0 Å². The fraction of sp³-hybridized carbons (Fsp3) is 0.368. The SMILES string of the molecule is CC(Cc1ccc(C(C)(C)C)cc1Cl)c1ccc(Cl)cc1. The highest BCUT2D eigenvalue weighted by Gasteiger charge is 2.16. The molecule has 0 heterocycles. The van der Waals surface area contributed by atoms with Crippen LogP contribution in [0.25, 0.3) is 0 Å². The molecule has 0 N–H and O–H groups in total. The summed E-state index contributed by atoms with van der Waals surface area (Å²) in [4.78, 5) is 0. The first-order valence-electron chi connectivity index (χ1n) is 7.32. The van der Waals surface area contributed by atoms with E-state index in [2.05, 4.69) is 58.0 Å². The van der Waals surface area contributed by atoms with E-state index >= 15 is 0 Å². The van der Waals surface area contributed by atoms with E-state index < -0.39 is 0 Å². The van der Waals surface area contributed by atoms with Crippen LogP contribution in [0.2, 0.25) is 10.0 Å². The highest BCUT2D eigenvalue weighted by molar-refractivity contribution is 6.31. The lowest BCUT2D eigenvalue weighted by Gasteiger charge is -2.21. The van der Waals surface area contributed by atoms with E-state index in [9.17, 15) is 0 Å². The van der Waals surface area contributed by atoms with Crippen LogP contribution in [0, 0.1) is 0 Å². The van der Waals surface area contributed by atoms with E-state index in [1.807, 2.05) is 12.1 Å². The average molecular weight is 321 g/mol. The van der Waals surface area contributed by atoms with Crippen molar-refractivity contribution in [2.24, 2.45) is 0 Å². The van der Waals surface area contributed by atoms with Crippen molar-refractivity contribution in [3.05, 3.63) is 69.2 Å². The maximum Gasteiger partial charge on any atom is 0.0441 e. The van der Waals surface area contributed by atoms with Crippen LogP contribution in [0.3, 0.4) is 0 Å². The second-order valence-corrected chi connectivity index (χ2v) is 7.56. The molecule has 2 aromatic rings. The molecule has 0 nitrogen and oxygen atoms in total. The lowest BCUT2D eigenvalue weighted by molar-refractivity contribution is 0.590. The molecule has 0 radical (unpaired) electrons. The smallest absolute Gasteiger partial charge is 0.0441 e. The topological polar surface area (TPSA) is 0 Å². The van der Waals surface area contributed by atoms with E-state index in [4.69, 9.17) is 23.2 Å². The summed E-state index contributed by atoms with van der Waals surface area (Å²) in [6, 6.07) is 14.5. The Kier molecular flexibility index (Phi) is 5.01. The van der Waals surface area contributed by atoms with Crippen LogP contribution in [0.1, 0.15) is 50.3 Å². The minimum atomic E-state index is 0.129. The Morgan fingerprint density at radius 2 is 1.57 bits per heavy atom. The molecule has 0 aliphatic rings. The fourth-order valence-corrected chi connectivity index (χ4v) is 2.80. The van der Waals surface area contributed by atoms with Crippen LogP contribution in [-0.2, 0) is 11.8 Å². The molecular weight excluding hydrogens is 299 g/mol. The van der Waals surface area contributed by atoms with Gasteiger partial charge in [-0.2, -0.15) is 0 Å². The Morgan fingerprint density at radius 1 is 0.952 bits per heavy atom. The Hall–Kier alpha value is -0.980. The van der Waals surface area contributed by atoms with Gasteiger partial charge < -0.3 is 0 Å². The van der Waals surface area contributed by atoms with Gasteiger partial charge in [-0.25, -0.2) is 0 Å². The van der Waals surface area contributed by atoms with Gasteiger partial charge in [-0.05, 0) is 52.6 Å². The molecule has 0 aliphatic carbocycles. The first-order valence-corrected chi connectivity index (χ1v) is 8.07. The number of halogens is 2. The van der Waals surface area contributed by atoms with Crippen molar-refractivity contribution in [1.82, 2.24) is 0 Å². The number of rotatable bonds is 3. The standard InChI is InChI=1S/C19H22Cl2/c1-13(14-6-9-17(20)10-7-14)11-15-5-8-16(12-18(15)21)19(2,3)4/h5-10,12-13H,11H2,1-4H3. The third-order valence-electron chi connectivity index (χ3n) is 3.88. The van der Waals surface area contributed by atoms with Crippen LogP contribution in [0.15, 0.2) is 42.5 Å². The van der Waals surface area contributed by atoms with Crippen LogP contribution in [0.5, 0.6) is 0 Å². The third-order valence-corrected chi connectivity index (χ3v) is 4.49. The predicted octanol–water partition coefficient (Wildman–Crippen LogP) is 6.64. The summed E-state index contributed by atoms with van der Waals surface area (Å²) in [5.41, 5.74) is 3.89. The second-order valence-electron chi connectivity index (χ2n) is 6.71. The molecule has 1 unspecified atom stereocenters. The number of hydrogen-bond donors (Lipinski definition) is 0. The monoisotopic (exact) mass is 320 g/mol. The summed E-state index contributed by atoms with van der Waals surface area (Å²) in [7, 11) is 0. The summed E-state index contributed by atoms with van der Waals surface area (Å²) in [5, 5.41) is 1.64. The minimum absolute atomic E-state index is 0.129. The molecule has 0 bridgehead atoms. The molecule has 1 atom stereocenters. The highest BCUT2D eigenvalue weighted by Crippen LogP contribution is 2.30. The lowest BCUT2D eigenvalue weighted by atomic mass is 9.85. The molecule has 2 aromatic carbocycles. The van der Waals surface area contributed by atoms with Crippen molar-refractivity contribution in [3.63, 3.8) is 0 Å². The van der Waals surface area contributed by atoms with E-state index in [0.29, 0.717) is 5.92 Å². The molecule has 0 saturated carbocycles. The summed E-state index contributed by atoms with van der Waals surface area (Å²) in [6.45, 7) is 8.83.